The van der Waals surface area contributed by atoms with Gasteiger partial charge in [-0.1, -0.05) is 18.2 Å². The van der Waals surface area contributed by atoms with Crippen LogP contribution in [0.25, 0.3) is 10.9 Å². The molecular weight excluding hydrogens is 240 g/mol. The predicted molar refractivity (Wildman–Crippen MR) is 73.0 cm³/mol. The molecule has 1 amide bonds. The van der Waals surface area contributed by atoms with E-state index in [0.29, 0.717) is 11.8 Å². The van der Waals surface area contributed by atoms with Crippen molar-refractivity contribution in [2.75, 3.05) is 0 Å². The van der Waals surface area contributed by atoms with Gasteiger partial charge in [-0.3, -0.25) is 9.78 Å². The van der Waals surface area contributed by atoms with Gasteiger partial charge in [0.05, 0.1) is 11.7 Å². The number of aromatic nitrogens is 1. The first-order valence-corrected chi connectivity index (χ1v) is 6.54. The number of rotatable bonds is 4. The SMILES string of the molecule is C[C@H](Oc1cnc2ccccc2c1)C(=O)NC1CC1. The molecule has 0 saturated heterocycles. The molecule has 0 unspecified atom stereocenters. The largest absolute Gasteiger partial charge is 0.479 e. The Labute approximate surface area is 111 Å². The van der Waals surface area contributed by atoms with E-state index in [0.717, 1.165) is 23.7 Å². The van der Waals surface area contributed by atoms with Crippen LogP contribution in [0.5, 0.6) is 5.75 Å². The van der Waals surface area contributed by atoms with Crippen LogP contribution in [-0.2, 0) is 4.79 Å². The van der Waals surface area contributed by atoms with Gasteiger partial charge in [-0.05, 0) is 31.9 Å². The molecule has 98 valence electrons. The summed E-state index contributed by atoms with van der Waals surface area (Å²) in [7, 11) is 0. The fraction of sp³-hybridized carbons (Fsp3) is 0.333. The van der Waals surface area contributed by atoms with Crippen molar-refractivity contribution in [3.05, 3.63) is 36.5 Å². The van der Waals surface area contributed by atoms with Gasteiger partial charge in [0.1, 0.15) is 5.75 Å². The maximum absolute atomic E-state index is 11.8. The number of nitrogens with one attached hydrogen (secondary N) is 1. The van der Waals surface area contributed by atoms with E-state index in [-0.39, 0.29) is 5.91 Å². The number of para-hydroxylation sites is 1. The first kappa shape index (κ1) is 12.0. The van der Waals surface area contributed by atoms with Crippen molar-refractivity contribution < 1.29 is 9.53 Å². The number of nitrogens with zero attached hydrogens (tertiary/aromatic N) is 1. The Balaban J connectivity index is 1.71. The van der Waals surface area contributed by atoms with Gasteiger partial charge < -0.3 is 10.1 Å². The van der Waals surface area contributed by atoms with E-state index in [2.05, 4.69) is 10.3 Å². The fourth-order valence-corrected chi connectivity index (χ4v) is 1.92. The number of carbonyl (C=O) groups excluding carboxylic acids is 1. The van der Waals surface area contributed by atoms with Crippen LogP contribution in [0.3, 0.4) is 0 Å². The van der Waals surface area contributed by atoms with Crippen molar-refractivity contribution in [2.45, 2.75) is 31.9 Å². The molecule has 0 spiro atoms. The highest BCUT2D eigenvalue weighted by Crippen LogP contribution is 2.21. The third kappa shape index (κ3) is 2.84. The van der Waals surface area contributed by atoms with Gasteiger partial charge in [0.2, 0.25) is 0 Å². The number of hydrogen-bond donors (Lipinski definition) is 1. The molecule has 1 N–H and O–H groups in total. The van der Waals surface area contributed by atoms with E-state index < -0.39 is 6.10 Å². The molecule has 4 nitrogen and oxygen atoms in total. The number of fused-ring (bicyclic) bond motifs is 1. The second-order valence-electron chi connectivity index (χ2n) is 4.91. The second-order valence-corrected chi connectivity index (χ2v) is 4.91. The monoisotopic (exact) mass is 256 g/mol. The topological polar surface area (TPSA) is 51.2 Å². The molecule has 0 radical (unpaired) electrons. The Morgan fingerprint density at radius 1 is 1.42 bits per heavy atom. The van der Waals surface area contributed by atoms with Crippen molar-refractivity contribution in [3.8, 4) is 5.75 Å². The molecule has 1 aromatic heterocycles. The summed E-state index contributed by atoms with van der Waals surface area (Å²) in [6.45, 7) is 1.76. The zero-order chi connectivity index (χ0) is 13.2. The molecule has 0 aliphatic heterocycles. The number of benzene rings is 1. The first-order chi connectivity index (χ1) is 9.22. The molecule has 1 heterocycles. The number of pyridine rings is 1. The highest BCUT2D eigenvalue weighted by Gasteiger charge is 2.26. The number of carbonyl (C=O) groups is 1. The van der Waals surface area contributed by atoms with Crippen LogP contribution in [0.4, 0.5) is 0 Å². The van der Waals surface area contributed by atoms with Gasteiger partial charge in [-0.2, -0.15) is 0 Å². The molecule has 3 rings (SSSR count). The smallest absolute Gasteiger partial charge is 0.260 e. The Bertz CT molecular complexity index is 608. The lowest BCUT2D eigenvalue weighted by Crippen LogP contribution is -2.37. The maximum atomic E-state index is 11.8. The third-order valence-electron chi connectivity index (χ3n) is 3.17. The first-order valence-electron chi connectivity index (χ1n) is 6.54. The fourth-order valence-electron chi connectivity index (χ4n) is 1.92. The van der Waals surface area contributed by atoms with Crippen LogP contribution in [0.1, 0.15) is 19.8 Å². The minimum absolute atomic E-state index is 0.0596. The molecular formula is C15H16N2O2. The molecule has 1 fully saturated rings. The minimum Gasteiger partial charge on any atom is -0.479 e. The maximum Gasteiger partial charge on any atom is 0.260 e. The lowest BCUT2D eigenvalue weighted by Gasteiger charge is -2.14. The zero-order valence-electron chi connectivity index (χ0n) is 10.8. The van der Waals surface area contributed by atoms with Gasteiger partial charge in [-0.25, -0.2) is 0 Å². The van der Waals surface area contributed by atoms with Crippen molar-refractivity contribution in [1.82, 2.24) is 10.3 Å². The number of ether oxygens (including phenoxy) is 1. The summed E-state index contributed by atoms with van der Waals surface area (Å²) < 4.78 is 5.64. The van der Waals surface area contributed by atoms with Gasteiger partial charge in [0.25, 0.3) is 5.91 Å². The summed E-state index contributed by atoms with van der Waals surface area (Å²) in [5, 5.41) is 3.94. The van der Waals surface area contributed by atoms with E-state index >= 15 is 0 Å². The van der Waals surface area contributed by atoms with Crippen molar-refractivity contribution in [3.63, 3.8) is 0 Å². The number of hydrogen-bond acceptors (Lipinski definition) is 3. The lowest BCUT2D eigenvalue weighted by molar-refractivity contribution is -0.127. The van der Waals surface area contributed by atoms with E-state index in [1.54, 1.807) is 13.1 Å². The quantitative estimate of drug-likeness (QED) is 0.913. The van der Waals surface area contributed by atoms with Crippen molar-refractivity contribution in [1.29, 1.82) is 0 Å². The summed E-state index contributed by atoms with van der Waals surface area (Å²) in [5.74, 6) is 0.563. The third-order valence-corrected chi connectivity index (χ3v) is 3.17. The van der Waals surface area contributed by atoms with Gasteiger partial charge in [0.15, 0.2) is 6.10 Å². The Morgan fingerprint density at radius 2 is 2.21 bits per heavy atom. The van der Waals surface area contributed by atoms with E-state index in [1.807, 2.05) is 30.3 Å². The summed E-state index contributed by atoms with van der Waals surface area (Å²) in [5.41, 5.74) is 0.921. The highest BCUT2D eigenvalue weighted by molar-refractivity contribution is 5.82. The van der Waals surface area contributed by atoms with Crippen LogP contribution in [0.2, 0.25) is 0 Å². The van der Waals surface area contributed by atoms with Gasteiger partial charge in [0, 0.05) is 11.4 Å². The summed E-state index contributed by atoms with van der Waals surface area (Å²) >= 11 is 0. The summed E-state index contributed by atoms with van der Waals surface area (Å²) in [4.78, 5) is 16.1. The van der Waals surface area contributed by atoms with Crippen LogP contribution in [0.15, 0.2) is 36.5 Å². The van der Waals surface area contributed by atoms with Gasteiger partial charge >= 0.3 is 0 Å². The Hall–Kier alpha value is -2.10. The predicted octanol–water partition coefficient (Wildman–Crippen LogP) is 2.28. The Kier molecular flexibility index (Phi) is 3.07. The average Bonchev–Trinajstić information content (AvgIpc) is 3.22. The zero-order valence-corrected chi connectivity index (χ0v) is 10.8. The molecule has 1 aromatic carbocycles. The summed E-state index contributed by atoms with van der Waals surface area (Å²) in [6.07, 6.45) is 3.32. The molecule has 19 heavy (non-hydrogen) atoms. The van der Waals surface area contributed by atoms with E-state index in [4.69, 9.17) is 4.74 Å². The van der Waals surface area contributed by atoms with Crippen LogP contribution in [0, 0.1) is 0 Å². The molecule has 2 aromatic rings. The molecule has 4 heteroatoms. The van der Waals surface area contributed by atoms with Crippen LogP contribution < -0.4 is 10.1 Å². The summed E-state index contributed by atoms with van der Waals surface area (Å²) in [6, 6.07) is 10.1. The lowest BCUT2D eigenvalue weighted by atomic mass is 10.2. The number of amides is 1. The van der Waals surface area contributed by atoms with E-state index in [9.17, 15) is 4.79 Å². The molecule has 1 aliphatic carbocycles. The highest BCUT2D eigenvalue weighted by atomic mass is 16.5. The average molecular weight is 256 g/mol. The molecule has 1 aliphatic rings. The van der Waals surface area contributed by atoms with E-state index in [1.165, 1.54) is 0 Å². The normalized spacial score (nSPS) is 16.1. The minimum atomic E-state index is -0.497. The molecule has 0 bridgehead atoms. The standard InChI is InChI=1S/C15H16N2O2/c1-10(15(18)17-12-6-7-12)19-13-8-11-4-2-3-5-14(11)16-9-13/h2-5,8-10,12H,6-7H2,1H3,(H,17,18)/t10-/m0/s1. The van der Waals surface area contributed by atoms with Crippen molar-refractivity contribution in [2.24, 2.45) is 0 Å². The van der Waals surface area contributed by atoms with Crippen molar-refractivity contribution >= 4 is 16.8 Å². The Morgan fingerprint density at radius 3 is 3.00 bits per heavy atom. The molecule has 1 atom stereocenters. The molecule has 1 saturated carbocycles. The van der Waals surface area contributed by atoms with Gasteiger partial charge in [-0.15, -0.1) is 0 Å². The van der Waals surface area contributed by atoms with Crippen LogP contribution >= 0.6 is 0 Å². The second kappa shape index (κ2) is 4.88. The van der Waals surface area contributed by atoms with Crippen LogP contribution in [-0.4, -0.2) is 23.0 Å².